The van der Waals surface area contributed by atoms with Crippen LogP contribution in [0.3, 0.4) is 0 Å². The van der Waals surface area contributed by atoms with Crippen molar-refractivity contribution >= 4 is 17.2 Å². The van der Waals surface area contributed by atoms with Crippen LogP contribution in [0.25, 0.3) is 21.7 Å². The number of benzene rings is 1. The molecule has 0 amide bonds. The molecule has 0 bridgehead atoms. The molecule has 1 aliphatic heterocycles. The summed E-state index contributed by atoms with van der Waals surface area (Å²) in [7, 11) is 2.24. The fraction of sp³-hybridized carbons (Fsp3) is 0.435. The third kappa shape index (κ3) is 3.90. The van der Waals surface area contributed by atoms with E-state index in [0.717, 1.165) is 36.4 Å². The zero-order chi connectivity index (χ0) is 21.5. The Morgan fingerprint density at radius 3 is 2.61 bits per heavy atom. The maximum atomic E-state index is 14.8. The lowest BCUT2D eigenvalue weighted by molar-refractivity contribution is 0.119. The molecule has 8 heteroatoms. The van der Waals surface area contributed by atoms with E-state index in [0.29, 0.717) is 27.7 Å². The lowest BCUT2D eigenvalue weighted by Crippen LogP contribution is -2.45. The lowest BCUT2D eigenvalue weighted by Gasteiger charge is -2.38. The largest absolute Gasteiger partial charge is 0.507 e. The van der Waals surface area contributed by atoms with Crippen LogP contribution >= 0.6 is 11.3 Å². The van der Waals surface area contributed by atoms with E-state index in [4.69, 9.17) is 0 Å². The van der Waals surface area contributed by atoms with Crippen LogP contribution in [-0.2, 0) is 0 Å². The topological polar surface area (TPSA) is 65.4 Å². The van der Waals surface area contributed by atoms with E-state index < -0.39 is 5.82 Å². The van der Waals surface area contributed by atoms with Gasteiger partial charge in [0.1, 0.15) is 11.6 Å². The molecule has 2 fully saturated rings. The van der Waals surface area contributed by atoms with E-state index in [1.165, 1.54) is 42.7 Å². The van der Waals surface area contributed by atoms with Gasteiger partial charge in [-0.2, -0.15) is 0 Å². The number of hydrogen-bond donors (Lipinski definition) is 1. The fourth-order valence-corrected chi connectivity index (χ4v) is 5.25. The second-order valence-corrected chi connectivity index (χ2v) is 9.74. The first-order valence-corrected chi connectivity index (χ1v) is 11.6. The molecule has 3 heterocycles. The minimum atomic E-state index is -0.413. The second kappa shape index (κ2) is 8.16. The van der Waals surface area contributed by atoms with Gasteiger partial charge in [0.05, 0.1) is 15.6 Å². The molecule has 162 valence electrons. The van der Waals surface area contributed by atoms with Gasteiger partial charge >= 0.3 is 0 Å². The molecular formula is C23H26FN5OS. The first-order chi connectivity index (χ1) is 15.0. The third-order valence-corrected chi connectivity index (χ3v) is 7.56. The summed E-state index contributed by atoms with van der Waals surface area (Å²) in [5, 5.41) is 20.1. The van der Waals surface area contributed by atoms with Gasteiger partial charge in [-0.3, -0.25) is 4.90 Å². The summed E-state index contributed by atoms with van der Waals surface area (Å²) in [5.41, 5.74) is 1.13. The van der Waals surface area contributed by atoms with Crippen LogP contribution in [0.2, 0.25) is 0 Å². The molecule has 0 radical (unpaired) electrons. The van der Waals surface area contributed by atoms with E-state index in [1.807, 2.05) is 13.0 Å². The van der Waals surface area contributed by atoms with Gasteiger partial charge in [-0.05, 0) is 57.5 Å². The van der Waals surface area contributed by atoms with E-state index >= 15 is 0 Å². The first kappa shape index (κ1) is 20.3. The van der Waals surface area contributed by atoms with Gasteiger partial charge in [-0.15, -0.1) is 21.5 Å². The van der Waals surface area contributed by atoms with Crippen molar-refractivity contribution in [1.82, 2.24) is 20.1 Å². The van der Waals surface area contributed by atoms with Gasteiger partial charge in [-0.1, -0.05) is 6.42 Å². The average molecular weight is 440 g/mol. The normalized spacial score (nSPS) is 19.2. The zero-order valence-electron chi connectivity index (χ0n) is 17.8. The number of thiazole rings is 1. The number of hydrogen-bond acceptors (Lipinski definition) is 7. The number of anilines is 1. The van der Waals surface area contributed by atoms with Crippen molar-refractivity contribution in [3.05, 3.63) is 41.3 Å². The summed E-state index contributed by atoms with van der Waals surface area (Å²) >= 11 is 1.39. The minimum Gasteiger partial charge on any atom is -0.507 e. The number of halogens is 1. The Morgan fingerprint density at radius 1 is 1.13 bits per heavy atom. The summed E-state index contributed by atoms with van der Waals surface area (Å²) in [6.45, 7) is 3.77. The Kier molecular flexibility index (Phi) is 5.35. The van der Waals surface area contributed by atoms with Gasteiger partial charge in [0.15, 0.2) is 5.82 Å². The molecule has 1 aromatic carbocycles. The van der Waals surface area contributed by atoms with Crippen LogP contribution in [0.5, 0.6) is 5.75 Å². The van der Waals surface area contributed by atoms with Gasteiger partial charge in [0.25, 0.3) is 0 Å². The molecule has 2 aromatic heterocycles. The number of phenolic OH excluding ortho intramolecular Hbond substituents is 1. The van der Waals surface area contributed by atoms with Crippen LogP contribution in [0.15, 0.2) is 30.5 Å². The number of rotatable bonds is 5. The van der Waals surface area contributed by atoms with Crippen LogP contribution in [0.1, 0.15) is 30.7 Å². The number of phenols is 1. The van der Waals surface area contributed by atoms with Crippen molar-refractivity contribution < 1.29 is 9.50 Å². The van der Waals surface area contributed by atoms with E-state index in [2.05, 4.69) is 32.0 Å². The number of aromatic nitrogens is 3. The molecule has 1 saturated heterocycles. The molecule has 6 nitrogen and oxygen atoms in total. The summed E-state index contributed by atoms with van der Waals surface area (Å²) in [6.07, 6.45) is 6.71. The fourth-order valence-electron chi connectivity index (χ4n) is 4.45. The Labute approximate surface area is 185 Å². The monoisotopic (exact) mass is 439 g/mol. The molecule has 3 aromatic rings. The van der Waals surface area contributed by atoms with Crippen molar-refractivity contribution in [3.8, 4) is 27.4 Å². The zero-order valence-corrected chi connectivity index (χ0v) is 18.6. The maximum Gasteiger partial charge on any atom is 0.151 e. The number of likely N-dealkylation sites (N-methyl/N-ethyl adjacent to an activating group) is 1. The van der Waals surface area contributed by atoms with E-state index in [9.17, 15) is 9.50 Å². The predicted molar refractivity (Wildman–Crippen MR) is 121 cm³/mol. The Morgan fingerprint density at radius 2 is 1.97 bits per heavy atom. The predicted octanol–water partition coefficient (Wildman–Crippen LogP) is 4.48. The van der Waals surface area contributed by atoms with Crippen molar-refractivity contribution in [2.45, 2.75) is 44.7 Å². The van der Waals surface area contributed by atoms with Crippen molar-refractivity contribution in [3.63, 3.8) is 0 Å². The van der Waals surface area contributed by atoms with Crippen molar-refractivity contribution in [2.75, 3.05) is 25.0 Å². The summed E-state index contributed by atoms with van der Waals surface area (Å²) in [4.78, 5) is 9.64. The van der Waals surface area contributed by atoms with Gasteiger partial charge in [0, 0.05) is 42.5 Å². The number of aryl methyl sites for hydroxylation is 1. The van der Waals surface area contributed by atoms with Crippen LogP contribution in [0, 0.1) is 12.7 Å². The summed E-state index contributed by atoms with van der Waals surface area (Å²) < 4.78 is 14.8. The Bertz CT molecular complexity index is 1080. The Balaban J connectivity index is 1.33. The lowest BCUT2D eigenvalue weighted by atomic mass is 9.91. The molecular weight excluding hydrogens is 413 g/mol. The second-order valence-electron chi connectivity index (χ2n) is 8.51. The van der Waals surface area contributed by atoms with Crippen LogP contribution in [-0.4, -0.2) is 57.4 Å². The van der Waals surface area contributed by atoms with Gasteiger partial charge < -0.3 is 10.0 Å². The Hall–Kier alpha value is -2.58. The smallest absolute Gasteiger partial charge is 0.151 e. The SMILES string of the molecule is Cc1ncc(-c2cc(O)c(-c3ccc(N4CC[C@H](N(C)C5CCC5)C4)nn3)cc2F)s1. The van der Waals surface area contributed by atoms with E-state index in [1.54, 1.807) is 12.3 Å². The molecule has 1 saturated carbocycles. The maximum absolute atomic E-state index is 14.8. The highest BCUT2D eigenvalue weighted by Gasteiger charge is 2.32. The molecule has 1 N–H and O–H groups in total. The quantitative estimate of drug-likeness (QED) is 0.632. The highest BCUT2D eigenvalue weighted by Crippen LogP contribution is 2.37. The summed E-state index contributed by atoms with van der Waals surface area (Å²) in [6, 6.07) is 7.75. The van der Waals surface area contributed by atoms with E-state index in [-0.39, 0.29) is 5.75 Å². The van der Waals surface area contributed by atoms with Gasteiger partial charge in [-0.25, -0.2) is 9.37 Å². The average Bonchev–Trinajstić information content (AvgIpc) is 3.38. The molecule has 0 unspecified atom stereocenters. The molecule has 0 spiro atoms. The van der Waals surface area contributed by atoms with Crippen LogP contribution < -0.4 is 4.90 Å². The van der Waals surface area contributed by atoms with Crippen molar-refractivity contribution in [1.29, 1.82) is 0 Å². The highest BCUT2D eigenvalue weighted by atomic mass is 32.1. The standard InChI is InChI=1S/C23H26FN5OS/c1-14-25-12-22(31-14)17-11-21(30)18(10-19(17)24)20-6-7-23(27-26-20)29-9-8-16(13-29)28(2)15-4-3-5-15/h6-7,10-12,15-16,30H,3-5,8-9,13H2,1-2H3/t16-/m0/s1. The number of aromatic hydroxyl groups is 1. The first-order valence-electron chi connectivity index (χ1n) is 10.8. The minimum absolute atomic E-state index is 0.0205. The highest BCUT2D eigenvalue weighted by molar-refractivity contribution is 7.15. The number of nitrogens with zero attached hydrogens (tertiary/aromatic N) is 5. The van der Waals surface area contributed by atoms with Crippen LogP contribution in [0.4, 0.5) is 10.2 Å². The molecule has 1 atom stereocenters. The third-order valence-electron chi connectivity index (χ3n) is 6.61. The van der Waals surface area contributed by atoms with Crippen molar-refractivity contribution in [2.24, 2.45) is 0 Å². The molecule has 5 rings (SSSR count). The molecule has 1 aliphatic carbocycles. The summed E-state index contributed by atoms with van der Waals surface area (Å²) in [5.74, 6) is 0.390. The van der Waals surface area contributed by atoms with Gasteiger partial charge in [0.2, 0.25) is 0 Å². The molecule has 31 heavy (non-hydrogen) atoms. The molecule has 2 aliphatic rings.